The number of nitriles is 1. The highest BCUT2D eigenvalue weighted by molar-refractivity contribution is 9.10. The molecule has 1 N–H and O–H groups in total. The van der Waals surface area contributed by atoms with Crippen LogP contribution in [0.4, 0.5) is 0 Å². The summed E-state index contributed by atoms with van der Waals surface area (Å²) in [4.78, 5) is 1.22. The third kappa shape index (κ3) is 2.57. The molecule has 0 spiro atoms. The van der Waals surface area contributed by atoms with Crippen molar-refractivity contribution in [3.8, 4) is 6.07 Å². The van der Waals surface area contributed by atoms with E-state index in [0.29, 0.717) is 0 Å². The quantitative estimate of drug-likeness (QED) is 0.913. The maximum Gasteiger partial charge on any atom is 0.0676 e. The van der Waals surface area contributed by atoms with E-state index >= 15 is 0 Å². The minimum atomic E-state index is 0.0468. The summed E-state index contributed by atoms with van der Waals surface area (Å²) in [5.74, 6) is 0.0468. The van der Waals surface area contributed by atoms with Crippen LogP contribution in [0.15, 0.2) is 15.9 Å². The molecule has 0 aliphatic rings. The molecule has 4 heteroatoms. The molecule has 1 heterocycles. The second-order valence-electron chi connectivity index (χ2n) is 3.08. The number of thiophene rings is 1. The predicted octanol–water partition coefficient (Wildman–Crippen LogP) is 3.32. The minimum absolute atomic E-state index is 0.0468. The molecule has 0 saturated heterocycles. The summed E-state index contributed by atoms with van der Waals surface area (Å²) in [5.41, 5.74) is 0. The molecule has 76 valence electrons. The number of nitrogens with one attached hydrogen (secondary N) is 1. The first-order chi connectivity index (χ1) is 6.72. The van der Waals surface area contributed by atoms with Crippen LogP contribution in [0.25, 0.3) is 0 Å². The maximum atomic E-state index is 9.00. The Kier molecular flexibility index (Phi) is 4.59. The van der Waals surface area contributed by atoms with Crippen LogP contribution < -0.4 is 5.32 Å². The average Bonchev–Trinajstić information content (AvgIpc) is 2.60. The van der Waals surface area contributed by atoms with Crippen molar-refractivity contribution in [1.29, 1.82) is 5.26 Å². The van der Waals surface area contributed by atoms with Gasteiger partial charge in [0, 0.05) is 14.7 Å². The Hall–Kier alpha value is -0.370. The van der Waals surface area contributed by atoms with Gasteiger partial charge in [-0.2, -0.15) is 5.26 Å². The number of rotatable bonds is 4. The van der Waals surface area contributed by atoms with Crippen molar-refractivity contribution >= 4 is 27.3 Å². The molecule has 0 aromatic carbocycles. The van der Waals surface area contributed by atoms with Crippen molar-refractivity contribution in [2.75, 3.05) is 7.05 Å². The van der Waals surface area contributed by atoms with Crippen molar-refractivity contribution in [2.45, 2.75) is 19.4 Å². The first-order valence-corrected chi connectivity index (χ1v) is 6.21. The van der Waals surface area contributed by atoms with Crippen LogP contribution in [0.3, 0.4) is 0 Å². The van der Waals surface area contributed by atoms with Gasteiger partial charge in [0.2, 0.25) is 0 Å². The summed E-state index contributed by atoms with van der Waals surface area (Å²) in [6.07, 6.45) is 0.873. The molecule has 0 bridgehead atoms. The van der Waals surface area contributed by atoms with Gasteiger partial charge in [-0.3, -0.25) is 0 Å². The highest BCUT2D eigenvalue weighted by atomic mass is 79.9. The van der Waals surface area contributed by atoms with Gasteiger partial charge in [0.05, 0.1) is 18.0 Å². The highest BCUT2D eigenvalue weighted by Crippen LogP contribution is 2.30. The summed E-state index contributed by atoms with van der Waals surface area (Å²) in [6, 6.07) is 4.57. The molecule has 0 radical (unpaired) electrons. The molecule has 0 aliphatic heterocycles. The standard InChI is InChI=1S/C10H13BrN2S/c1-3-7(5-12)10(13-2)9-4-8(11)6-14-9/h4,6-7,10,13H,3H2,1-2H3. The Labute approximate surface area is 97.1 Å². The van der Waals surface area contributed by atoms with E-state index in [1.807, 2.05) is 19.4 Å². The molecule has 1 aromatic heterocycles. The molecule has 0 amide bonds. The molecule has 2 unspecified atom stereocenters. The van der Waals surface area contributed by atoms with E-state index in [2.05, 4.69) is 33.4 Å². The zero-order valence-corrected chi connectivity index (χ0v) is 10.7. The molecular formula is C10H13BrN2S. The second-order valence-corrected chi connectivity index (χ2v) is 4.94. The fraction of sp³-hybridized carbons (Fsp3) is 0.500. The van der Waals surface area contributed by atoms with E-state index in [9.17, 15) is 0 Å². The first-order valence-electron chi connectivity index (χ1n) is 4.53. The van der Waals surface area contributed by atoms with Gasteiger partial charge in [-0.05, 0) is 35.5 Å². The van der Waals surface area contributed by atoms with Gasteiger partial charge >= 0.3 is 0 Å². The van der Waals surface area contributed by atoms with Gasteiger partial charge in [-0.15, -0.1) is 11.3 Å². The van der Waals surface area contributed by atoms with E-state index in [4.69, 9.17) is 5.26 Å². The van der Waals surface area contributed by atoms with E-state index in [0.717, 1.165) is 10.9 Å². The first kappa shape index (κ1) is 11.7. The third-order valence-electron chi connectivity index (χ3n) is 2.21. The molecule has 0 saturated carbocycles. The molecule has 0 fully saturated rings. The SMILES string of the molecule is CCC(C#N)C(NC)c1cc(Br)cs1. The Morgan fingerprint density at radius 2 is 2.43 bits per heavy atom. The Morgan fingerprint density at radius 3 is 2.79 bits per heavy atom. The van der Waals surface area contributed by atoms with E-state index in [1.165, 1.54) is 4.88 Å². The van der Waals surface area contributed by atoms with E-state index in [1.54, 1.807) is 11.3 Å². The summed E-state index contributed by atoms with van der Waals surface area (Å²) in [5, 5.41) is 14.2. The van der Waals surface area contributed by atoms with Crippen LogP contribution in [0, 0.1) is 17.2 Å². The summed E-state index contributed by atoms with van der Waals surface area (Å²) >= 11 is 5.10. The maximum absolute atomic E-state index is 9.00. The molecule has 0 aliphatic carbocycles. The van der Waals surface area contributed by atoms with E-state index in [-0.39, 0.29) is 12.0 Å². The highest BCUT2D eigenvalue weighted by Gasteiger charge is 2.20. The lowest BCUT2D eigenvalue weighted by Gasteiger charge is -2.18. The van der Waals surface area contributed by atoms with Crippen molar-refractivity contribution < 1.29 is 0 Å². The van der Waals surface area contributed by atoms with Crippen LogP contribution in [0.5, 0.6) is 0 Å². The fourth-order valence-corrected chi connectivity index (χ4v) is 3.05. The zero-order valence-electron chi connectivity index (χ0n) is 8.25. The van der Waals surface area contributed by atoms with Crippen LogP contribution >= 0.6 is 27.3 Å². The lowest BCUT2D eigenvalue weighted by atomic mass is 9.97. The van der Waals surface area contributed by atoms with Crippen molar-refractivity contribution in [3.05, 3.63) is 20.8 Å². The summed E-state index contributed by atoms with van der Waals surface area (Å²) in [7, 11) is 1.90. The monoisotopic (exact) mass is 272 g/mol. The van der Waals surface area contributed by atoms with Gasteiger partial charge in [-0.1, -0.05) is 6.92 Å². The number of halogens is 1. The van der Waals surface area contributed by atoms with Crippen molar-refractivity contribution in [3.63, 3.8) is 0 Å². The fourth-order valence-electron chi connectivity index (χ4n) is 1.43. The second kappa shape index (κ2) is 5.50. The molecule has 1 rings (SSSR count). The molecule has 14 heavy (non-hydrogen) atoms. The van der Waals surface area contributed by atoms with Gasteiger partial charge in [0.25, 0.3) is 0 Å². The number of hydrogen-bond acceptors (Lipinski definition) is 3. The smallest absolute Gasteiger partial charge is 0.0676 e. The molecule has 2 nitrogen and oxygen atoms in total. The van der Waals surface area contributed by atoms with Gasteiger partial charge in [-0.25, -0.2) is 0 Å². The van der Waals surface area contributed by atoms with Gasteiger partial charge in [0.15, 0.2) is 0 Å². The number of hydrogen-bond donors (Lipinski definition) is 1. The molecule has 2 atom stereocenters. The third-order valence-corrected chi connectivity index (χ3v) is 3.99. The van der Waals surface area contributed by atoms with Crippen LogP contribution in [-0.2, 0) is 0 Å². The normalized spacial score (nSPS) is 14.7. The van der Waals surface area contributed by atoms with Gasteiger partial charge in [0.1, 0.15) is 0 Å². The largest absolute Gasteiger partial charge is 0.311 e. The summed E-state index contributed by atoms with van der Waals surface area (Å²) < 4.78 is 1.09. The average molecular weight is 273 g/mol. The van der Waals surface area contributed by atoms with Gasteiger partial charge < -0.3 is 5.32 Å². The molecular weight excluding hydrogens is 260 g/mol. The van der Waals surface area contributed by atoms with Crippen LogP contribution in [-0.4, -0.2) is 7.05 Å². The topological polar surface area (TPSA) is 35.8 Å². The van der Waals surface area contributed by atoms with Crippen molar-refractivity contribution in [2.24, 2.45) is 5.92 Å². The van der Waals surface area contributed by atoms with Crippen LogP contribution in [0.1, 0.15) is 24.3 Å². The number of nitrogens with zero attached hydrogens (tertiary/aromatic N) is 1. The Bertz CT molecular complexity index is 329. The lowest BCUT2D eigenvalue weighted by molar-refractivity contribution is 0.455. The molecule has 1 aromatic rings. The van der Waals surface area contributed by atoms with Crippen molar-refractivity contribution in [1.82, 2.24) is 5.32 Å². The van der Waals surface area contributed by atoms with E-state index < -0.39 is 0 Å². The zero-order chi connectivity index (χ0) is 10.6. The minimum Gasteiger partial charge on any atom is -0.311 e. The Morgan fingerprint density at radius 1 is 1.71 bits per heavy atom. The predicted molar refractivity (Wildman–Crippen MR) is 63.2 cm³/mol. The lowest BCUT2D eigenvalue weighted by Crippen LogP contribution is -2.23. The van der Waals surface area contributed by atoms with Crippen LogP contribution in [0.2, 0.25) is 0 Å². The summed E-state index contributed by atoms with van der Waals surface area (Å²) in [6.45, 7) is 2.04. The Balaban J connectivity index is 2.87.